The van der Waals surface area contributed by atoms with Crippen LogP contribution in [0.15, 0.2) is 88.8 Å². The highest BCUT2D eigenvalue weighted by molar-refractivity contribution is 7.99. The van der Waals surface area contributed by atoms with Gasteiger partial charge in [-0.1, -0.05) is 84.6 Å². The number of fused-ring (bicyclic) bond motifs is 1. The van der Waals surface area contributed by atoms with Crippen LogP contribution in [0.1, 0.15) is 18.1 Å². The second-order valence-electron chi connectivity index (χ2n) is 8.36. The molecule has 186 valence electrons. The smallest absolute Gasteiger partial charge is 0.278 e. The summed E-state index contributed by atoms with van der Waals surface area (Å²) < 4.78 is 4.43. The van der Waals surface area contributed by atoms with Crippen molar-refractivity contribution in [3.05, 3.63) is 104 Å². The van der Waals surface area contributed by atoms with E-state index < -0.39 is 0 Å². The lowest BCUT2D eigenvalue weighted by atomic mass is 10.1. The van der Waals surface area contributed by atoms with Gasteiger partial charge in [0.2, 0.25) is 5.91 Å². The fraction of sp³-hybridized carbons (Fsp3) is 0.143. The predicted octanol–water partition coefficient (Wildman–Crippen LogP) is 6.57. The van der Waals surface area contributed by atoms with Gasteiger partial charge in [-0.3, -0.25) is 18.7 Å². The minimum absolute atomic E-state index is 0.0953. The highest BCUT2D eigenvalue weighted by atomic mass is 32.2. The summed E-state index contributed by atoms with van der Waals surface area (Å²) in [5, 5.41) is 3.43. The number of aromatic nitrogens is 3. The number of para-hydroxylation sites is 3. The molecular formula is C28H24N4O2S3. The standard InChI is InChI=1S/C28H24N4O2S3/c1-3-19-12-8-9-15-21(19)29-23(33)17-36-27-30-25-24(26(34)31(27)20-13-5-4-6-14-20)37-28(35)32(25)22-16-10-7-11-18(22)2/h4-16H,3,17H2,1-2H3,(H,29,33). The third-order valence-corrected chi connectivity index (χ3v) is 8.24. The summed E-state index contributed by atoms with van der Waals surface area (Å²) in [6.45, 7) is 4.05. The first-order valence-corrected chi connectivity index (χ1v) is 14.0. The normalized spacial score (nSPS) is 11.1. The molecule has 0 radical (unpaired) electrons. The number of nitrogens with zero attached hydrogens (tertiary/aromatic N) is 3. The van der Waals surface area contributed by atoms with E-state index in [1.54, 1.807) is 4.57 Å². The predicted molar refractivity (Wildman–Crippen MR) is 155 cm³/mol. The van der Waals surface area contributed by atoms with Gasteiger partial charge in [-0.05, 0) is 61.0 Å². The van der Waals surface area contributed by atoms with Gasteiger partial charge in [0, 0.05) is 5.69 Å². The minimum atomic E-state index is -0.209. The number of amides is 1. The Morgan fingerprint density at radius 2 is 1.70 bits per heavy atom. The Labute approximate surface area is 227 Å². The molecular weight excluding hydrogens is 521 g/mol. The first kappa shape index (κ1) is 25.1. The van der Waals surface area contributed by atoms with E-state index in [2.05, 4.69) is 12.2 Å². The summed E-state index contributed by atoms with van der Waals surface area (Å²) in [7, 11) is 0. The number of anilines is 1. The van der Waals surface area contributed by atoms with Crippen LogP contribution in [-0.4, -0.2) is 25.8 Å². The number of aryl methyl sites for hydroxylation is 2. The summed E-state index contributed by atoms with van der Waals surface area (Å²) in [5.74, 6) is -0.0705. The van der Waals surface area contributed by atoms with Crippen molar-refractivity contribution < 1.29 is 4.79 Å². The third kappa shape index (κ3) is 5.02. The molecule has 0 aliphatic rings. The number of carbonyl (C=O) groups is 1. The minimum Gasteiger partial charge on any atom is -0.325 e. The van der Waals surface area contributed by atoms with Crippen molar-refractivity contribution in [1.29, 1.82) is 0 Å². The Morgan fingerprint density at radius 1 is 1.00 bits per heavy atom. The summed E-state index contributed by atoms with van der Waals surface area (Å²) >= 11 is 8.16. The molecule has 1 N–H and O–H groups in total. The number of thiazole rings is 1. The van der Waals surface area contributed by atoms with E-state index in [0.717, 1.165) is 28.9 Å². The molecule has 2 aromatic heterocycles. The number of nitrogens with one attached hydrogen (secondary N) is 1. The highest BCUT2D eigenvalue weighted by Gasteiger charge is 2.20. The third-order valence-electron chi connectivity index (χ3n) is 5.95. The van der Waals surface area contributed by atoms with Crippen molar-refractivity contribution in [1.82, 2.24) is 14.1 Å². The van der Waals surface area contributed by atoms with Crippen LogP contribution in [0.25, 0.3) is 21.7 Å². The topological polar surface area (TPSA) is 68.9 Å². The van der Waals surface area contributed by atoms with Gasteiger partial charge in [0.15, 0.2) is 14.8 Å². The van der Waals surface area contributed by atoms with Crippen LogP contribution in [0.5, 0.6) is 0 Å². The summed E-state index contributed by atoms with van der Waals surface area (Å²) in [4.78, 5) is 31.6. The zero-order chi connectivity index (χ0) is 25.9. The number of benzene rings is 3. The number of rotatable bonds is 7. The molecule has 37 heavy (non-hydrogen) atoms. The molecule has 0 spiro atoms. The van der Waals surface area contributed by atoms with Crippen LogP contribution in [0.2, 0.25) is 0 Å². The Balaban J connectivity index is 1.59. The number of hydrogen-bond acceptors (Lipinski definition) is 6. The van der Waals surface area contributed by atoms with E-state index in [0.29, 0.717) is 25.1 Å². The van der Waals surface area contributed by atoms with E-state index in [-0.39, 0.29) is 17.2 Å². The van der Waals surface area contributed by atoms with Crippen molar-refractivity contribution in [2.75, 3.05) is 11.1 Å². The fourth-order valence-corrected chi connectivity index (χ4v) is 6.22. The molecule has 0 saturated carbocycles. The summed E-state index contributed by atoms with van der Waals surface area (Å²) in [5.41, 5.74) is 4.74. The fourth-order valence-electron chi connectivity index (χ4n) is 4.13. The molecule has 5 aromatic rings. The Kier molecular flexibility index (Phi) is 7.36. The number of carbonyl (C=O) groups excluding carboxylic acids is 1. The number of thioether (sulfide) groups is 1. The van der Waals surface area contributed by atoms with Crippen molar-refractivity contribution >= 4 is 57.3 Å². The molecule has 0 bridgehead atoms. The average Bonchev–Trinajstić information content (AvgIpc) is 3.24. The molecule has 2 heterocycles. The van der Waals surface area contributed by atoms with Gasteiger partial charge in [-0.15, -0.1) is 0 Å². The lowest BCUT2D eigenvalue weighted by molar-refractivity contribution is -0.113. The van der Waals surface area contributed by atoms with E-state index in [9.17, 15) is 9.59 Å². The zero-order valence-electron chi connectivity index (χ0n) is 20.3. The van der Waals surface area contributed by atoms with E-state index >= 15 is 0 Å². The van der Waals surface area contributed by atoms with Gasteiger partial charge in [0.1, 0.15) is 4.70 Å². The van der Waals surface area contributed by atoms with Crippen LogP contribution < -0.4 is 10.9 Å². The monoisotopic (exact) mass is 544 g/mol. The first-order valence-electron chi connectivity index (χ1n) is 11.8. The highest BCUT2D eigenvalue weighted by Crippen LogP contribution is 2.28. The average molecular weight is 545 g/mol. The van der Waals surface area contributed by atoms with Gasteiger partial charge in [-0.25, -0.2) is 4.98 Å². The van der Waals surface area contributed by atoms with E-state index in [1.165, 1.54) is 23.1 Å². The quantitative estimate of drug-likeness (QED) is 0.143. The molecule has 6 nitrogen and oxygen atoms in total. The van der Waals surface area contributed by atoms with Gasteiger partial charge < -0.3 is 5.32 Å². The van der Waals surface area contributed by atoms with Crippen molar-refractivity contribution in [3.63, 3.8) is 0 Å². The first-order chi connectivity index (χ1) is 18.0. The van der Waals surface area contributed by atoms with Gasteiger partial charge in [0.25, 0.3) is 5.56 Å². The van der Waals surface area contributed by atoms with Crippen molar-refractivity contribution in [2.24, 2.45) is 0 Å². The molecule has 3 aromatic carbocycles. The van der Waals surface area contributed by atoms with Gasteiger partial charge in [-0.2, -0.15) is 0 Å². The Hall–Kier alpha value is -3.53. The van der Waals surface area contributed by atoms with E-state index in [4.69, 9.17) is 17.2 Å². The van der Waals surface area contributed by atoms with Crippen molar-refractivity contribution in [3.8, 4) is 11.4 Å². The van der Waals surface area contributed by atoms with Crippen LogP contribution in [-0.2, 0) is 11.2 Å². The SMILES string of the molecule is CCc1ccccc1NC(=O)CSc1nc2c(sc(=S)n2-c2ccccc2C)c(=O)n1-c1ccccc1. The zero-order valence-corrected chi connectivity index (χ0v) is 22.8. The molecule has 9 heteroatoms. The maximum absolute atomic E-state index is 13.8. The Morgan fingerprint density at radius 3 is 2.46 bits per heavy atom. The molecule has 0 atom stereocenters. The largest absolute Gasteiger partial charge is 0.325 e. The van der Waals surface area contributed by atoms with Crippen molar-refractivity contribution in [2.45, 2.75) is 25.4 Å². The second-order valence-corrected chi connectivity index (χ2v) is 10.9. The molecule has 0 aliphatic carbocycles. The lowest BCUT2D eigenvalue weighted by Crippen LogP contribution is -2.23. The molecule has 0 aliphatic heterocycles. The molecule has 0 fully saturated rings. The molecule has 1 amide bonds. The van der Waals surface area contributed by atoms with Crippen LogP contribution in [0.3, 0.4) is 0 Å². The maximum Gasteiger partial charge on any atom is 0.278 e. The molecule has 5 rings (SSSR count). The van der Waals surface area contributed by atoms with Crippen LogP contribution >= 0.6 is 35.3 Å². The van der Waals surface area contributed by atoms with E-state index in [1.807, 2.05) is 90.4 Å². The summed E-state index contributed by atoms with van der Waals surface area (Å²) in [6.07, 6.45) is 0.815. The molecule has 0 unspecified atom stereocenters. The van der Waals surface area contributed by atoms with Gasteiger partial charge >= 0.3 is 0 Å². The van der Waals surface area contributed by atoms with Gasteiger partial charge in [0.05, 0.1) is 17.1 Å². The summed E-state index contributed by atoms with van der Waals surface area (Å²) in [6, 6.07) is 25.0. The second kappa shape index (κ2) is 10.8. The molecule has 0 saturated heterocycles. The van der Waals surface area contributed by atoms with Crippen LogP contribution in [0, 0.1) is 10.9 Å². The lowest BCUT2D eigenvalue weighted by Gasteiger charge is -2.14. The Bertz CT molecular complexity index is 1720. The number of hydrogen-bond donors (Lipinski definition) is 1. The maximum atomic E-state index is 13.8. The van der Waals surface area contributed by atoms with Crippen LogP contribution in [0.4, 0.5) is 5.69 Å².